The number of carbonyl (C=O) groups excluding carboxylic acids is 2. The maximum absolute atomic E-state index is 13.5. The Balaban J connectivity index is 1.79. The number of carbonyl (C=O) groups is 2. The SMILES string of the molecule is C#CCCCN1CCC(N(Cc2ccccc2NC(=O)C=C)C(=O)Nc2ccc(C)c(Cl)c2)CC1. The molecule has 0 saturated carbocycles. The van der Waals surface area contributed by atoms with Crippen molar-refractivity contribution in [3.63, 3.8) is 0 Å². The lowest BCUT2D eigenvalue weighted by atomic mass is 10.0. The minimum atomic E-state index is -0.289. The van der Waals surface area contributed by atoms with Crippen LogP contribution >= 0.6 is 11.6 Å². The highest BCUT2D eigenvalue weighted by atomic mass is 35.5. The van der Waals surface area contributed by atoms with Crippen LogP contribution in [0.15, 0.2) is 55.1 Å². The second-order valence-corrected chi connectivity index (χ2v) is 9.16. The van der Waals surface area contributed by atoms with Gasteiger partial charge in [0.1, 0.15) is 0 Å². The van der Waals surface area contributed by atoms with Crippen molar-refractivity contribution >= 4 is 34.9 Å². The van der Waals surface area contributed by atoms with Gasteiger partial charge in [0, 0.05) is 48.5 Å². The van der Waals surface area contributed by atoms with Gasteiger partial charge in [-0.05, 0) is 68.1 Å². The molecule has 1 heterocycles. The first-order chi connectivity index (χ1) is 16.9. The number of amides is 3. The fourth-order valence-electron chi connectivity index (χ4n) is 4.24. The van der Waals surface area contributed by atoms with Crippen molar-refractivity contribution in [1.29, 1.82) is 0 Å². The van der Waals surface area contributed by atoms with Crippen LogP contribution in [0.4, 0.5) is 16.2 Å². The summed E-state index contributed by atoms with van der Waals surface area (Å²) < 4.78 is 0. The molecule has 0 atom stereocenters. The quantitative estimate of drug-likeness (QED) is 0.269. The van der Waals surface area contributed by atoms with Crippen molar-refractivity contribution in [2.24, 2.45) is 0 Å². The van der Waals surface area contributed by atoms with E-state index in [2.05, 4.69) is 28.0 Å². The smallest absolute Gasteiger partial charge is 0.322 e. The van der Waals surface area contributed by atoms with Crippen LogP contribution in [0.2, 0.25) is 5.02 Å². The lowest BCUT2D eigenvalue weighted by molar-refractivity contribution is -0.111. The van der Waals surface area contributed by atoms with E-state index in [1.807, 2.05) is 48.2 Å². The van der Waals surface area contributed by atoms with Crippen LogP contribution < -0.4 is 10.6 Å². The normalized spacial score (nSPS) is 14.1. The van der Waals surface area contributed by atoms with Crippen LogP contribution in [0.1, 0.15) is 36.8 Å². The van der Waals surface area contributed by atoms with Crippen molar-refractivity contribution in [2.75, 3.05) is 30.3 Å². The van der Waals surface area contributed by atoms with Crippen LogP contribution in [0.25, 0.3) is 0 Å². The second kappa shape index (κ2) is 13.0. The van der Waals surface area contributed by atoms with Crippen LogP contribution in [0, 0.1) is 19.3 Å². The zero-order valence-corrected chi connectivity index (χ0v) is 21.0. The molecule has 6 nitrogen and oxygen atoms in total. The molecule has 3 amide bonds. The van der Waals surface area contributed by atoms with Gasteiger partial charge in [-0.2, -0.15) is 0 Å². The molecule has 35 heavy (non-hydrogen) atoms. The number of urea groups is 1. The average molecular weight is 493 g/mol. The van der Waals surface area contributed by atoms with E-state index in [1.54, 1.807) is 6.07 Å². The molecular weight excluding hydrogens is 460 g/mol. The predicted octanol–water partition coefficient (Wildman–Crippen LogP) is 5.68. The molecule has 1 aliphatic rings. The molecule has 7 heteroatoms. The standard InChI is InChI=1S/C28H33ClN4O2/c1-4-6-9-16-32-17-14-24(15-18-32)33(28(35)30-23-13-12-21(3)25(29)19-23)20-22-10-7-8-11-26(22)31-27(34)5-2/h1,5,7-8,10-13,19,24H,2,6,9,14-18,20H2,3H3,(H,30,35)(H,31,34). The Hall–Kier alpha value is -3.27. The highest BCUT2D eigenvalue weighted by molar-refractivity contribution is 6.31. The molecule has 2 N–H and O–H groups in total. The maximum atomic E-state index is 13.5. The molecule has 3 rings (SSSR count). The number of unbranched alkanes of at least 4 members (excludes halogenated alkanes) is 1. The van der Waals surface area contributed by atoms with Gasteiger partial charge in [0.2, 0.25) is 5.91 Å². The summed E-state index contributed by atoms with van der Waals surface area (Å²) in [6.07, 6.45) is 10.1. The summed E-state index contributed by atoms with van der Waals surface area (Å²) in [7, 11) is 0. The summed E-state index contributed by atoms with van der Waals surface area (Å²) in [5.74, 6) is 2.41. The molecule has 0 aromatic heterocycles. The Labute approximate surface area is 213 Å². The first-order valence-corrected chi connectivity index (χ1v) is 12.3. The van der Waals surface area contributed by atoms with Gasteiger partial charge in [0.05, 0.1) is 0 Å². The molecule has 0 unspecified atom stereocenters. The van der Waals surface area contributed by atoms with Crippen molar-refractivity contribution in [2.45, 2.75) is 45.2 Å². The number of anilines is 2. The number of benzene rings is 2. The maximum Gasteiger partial charge on any atom is 0.322 e. The number of nitrogens with zero attached hydrogens (tertiary/aromatic N) is 2. The number of hydrogen-bond acceptors (Lipinski definition) is 3. The van der Waals surface area contributed by atoms with Crippen molar-refractivity contribution in [3.05, 3.63) is 71.3 Å². The zero-order valence-electron chi connectivity index (χ0n) is 20.2. The van der Waals surface area contributed by atoms with E-state index in [9.17, 15) is 9.59 Å². The summed E-state index contributed by atoms with van der Waals surface area (Å²) in [6.45, 7) is 8.60. The van der Waals surface area contributed by atoms with Crippen LogP contribution in [0.5, 0.6) is 0 Å². The Morgan fingerprint density at radius 1 is 1.23 bits per heavy atom. The first kappa shape index (κ1) is 26.3. The number of aryl methyl sites for hydroxylation is 1. The largest absolute Gasteiger partial charge is 0.322 e. The molecule has 184 valence electrons. The Kier molecular flexibility index (Phi) is 9.77. The van der Waals surface area contributed by atoms with Gasteiger partial charge >= 0.3 is 6.03 Å². The number of halogens is 1. The molecule has 1 saturated heterocycles. The number of para-hydroxylation sites is 1. The van der Waals surface area contributed by atoms with E-state index >= 15 is 0 Å². The van der Waals surface area contributed by atoms with Gasteiger partial charge in [0.25, 0.3) is 0 Å². The van der Waals surface area contributed by atoms with E-state index in [-0.39, 0.29) is 18.0 Å². The molecule has 0 radical (unpaired) electrons. The van der Waals surface area contributed by atoms with E-state index in [4.69, 9.17) is 18.0 Å². The molecule has 1 fully saturated rings. The van der Waals surface area contributed by atoms with Gasteiger partial charge in [0.15, 0.2) is 0 Å². The fraction of sp³-hybridized carbons (Fsp3) is 0.357. The van der Waals surface area contributed by atoms with E-state index in [0.717, 1.165) is 56.4 Å². The second-order valence-electron chi connectivity index (χ2n) is 8.75. The number of rotatable bonds is 9. The van der Waals surface area contributed by atoms with Gasteiger partial charge in [-0.3, -0.25) is 4.79 Å². The zero-order chi connectivity index (χ0) is 25.2. The molecule has 2 aromatic rings. The third-order valence-corrected chi connectivity index (χ3v) is 6.69. The molecule has 0 aliphatic carbocycles. The summed E-state index contributed by atoms with van der Waals surface area (Å²) in [5.41, 5.74) is 3.12. The third-order valence-electron chi connectivity index (χ3n) is 6.28. The molecule has 0 bridgehead atoms. The summed E-state index contributed by atoms with van der Waals surface area (Å²) in [6, 6.07) is 12.9. The minimum Gasteiger partial charge on any atom is -0.322 e. The number of nitrogens with one attached hydrogen (secondary N) is 2. The molecule has 2 aromatic carbocycles. The Bertz CT molecular complexity index is 1090. The lowest BCUT2D eigenvalue weighted by Gasteiger charge is -2.39. The highest BCUT2D eigenvalue weighted by Gasteiger charge is 2.29. The Morgan fingerprint density at radius 3 is 2.66 bits per heavy atom. The van der Waals surface area contributed by atoms with Crippen LogP contribution in [-0.4, -0.2) is 47.4 Å². The van der Waals surface area contributed by atoms with E-state index in [0.29, 0.717) is 22.9 Å². The van der Waals surface area contributed by atoms with Crippen molar-refractivity contribution in [1.82, 2.24) is 9.80 Å². The number of likely N-dealkylation sites (tertiary alicyclic amines) is 1. The van der Waals surface area contributed by atoms with E-state index in [1.165, 1.54) is 6.08 Å². The summed E-state index contributed by atoms with van der Waals surface area (Å²) in [5, 5.41) is 6.47. The number of hydrogen-bond donors (Lipinski definition) is 2. The third kappa shape index (κ3) is 7.61. The van der Waals surface area contributed by atoms with E-state index < -0.39 is 0 Å². The first-order valence-electron chi connectivity index (χ1n) is 11.9. The van der Waals surface area contributed by atoms with Crippen molar-refractivity contribution < 1.29 is 9.59 Å². The fourth-order valence-corrected chi connectivity index (χ4v) is 4.42. The Morgan fingerprint density at radius 2 is 1.97 bits per heavy atom. The highest BCUT2D eigenvalue weighted by Crippen LogP contribution is 2.25. The topological polar surface area (TPSA) is 64.7 Å². The van der Waals surface area contributed by atoms with Gasteiger partial charge in [-0.15, -0.1) is 12.3 Å². The summed E-state index contributed by atoms with van der Waals surface area (Å²) in [4.78, 5) is 29.7. The monoisotopic (exact) mass is 492 g/mol. The average Bonchev–Trinajstić information content (AvgIpc) is 2.86. The van der Waals surface area contributed by atoms with Crippen LogP contribution in [-0.2, 0) is 11.3 Å². The number of terminal acetylenes is 1. The molecule has 1 aliphatic heterocycles. The van der Waals surface area contributed by atoms with Crippen LogP contribution in [0.3, 0.4) is 0 Å². The lowest BCUT2D eigenvalue weighted by Crippen LogP contribution is -2.48. The molecule has 0 spiro atoms. The summed E-state index contributed by atoms with van der Waals surface area (Å²) >= 11 is 6.28. The number of piperidine rings is 1. The van der Waals surface area contributed by atoms with Gasteiger partial charge in [-0.1, -0.05) is 42.4 Å². The predicted molar refractivity (Wildman–Crippen MR) is 144 cm³/mol. The minimum absolute atomic E-state index is 0.0583. The van der Waals surface area contributed by atoms with Gasteiger partial charge in [-0.25, -0.2) is 4.79 Å². The molecular formula is C28H33ClN4O2. The van der Waals surface area contributed by atoms with Gasteiger partial charge < -0.3 is 20.4 Å². The van der Waals surface area contributed by atoms with Crippen molar-refractivity contribution in [3.8, 4) is 12.3 Å².